The Kier molecular flexibility index (Phi) is 4.85. The first kappa shape index (κ1) is 12.0. The van der Waals surface area contributed by atoms with Gasteiger partial charge in [-0.05, 0) is 27.7 Å². The molecule has 0 aliphatic carbocycles. The Labute approximate surface area is 86.7 Å². The highest BCUT2D eigenvalue weighted by atomic mass is 16.6. The van der Waals surface area contributed by atoms with Gasteiger partial charge in [0.05, 0.1) is 18.3 Å². The van der Waals surface area contributed by atoms with E-state index in [0.717, 1.165) is 19.6 Å². The molecule has 0 unspecified atom stereocenters. The van der Waals surface area contributed by atoms with Crippen molar-refractivity contribution in [3.8, 4) is 0 Å². The first-order chi connectivity index (χ1) is 6.69. The molecule has 84 valence electrons. The molecular formula is C11H22O3. The van der Waals surface area contributed by atoms with Gasteiger partial charge in [-0.15, -0.1) is 0 Å². The van der Waals surface area contributed by atoms with Crippen LogP contribution >= 0.6 is 0 Å². The summed E-state index contributed by atoms with van der Waals surface area (Å²) in [5.41, 5.74) is 0. The van der Waals surface area contributed by atoms with Gasteiger partial charge < -0.3 is 14.2 Å². The van der Waals surface area contributed by atoms with Crippen LogP contribution in [0.1, 0.15) is 34.1 Å². The molecular weight excluding hydrogens is 180 g/mol. The lowest BCUT2D eigenvalue weighted by molar-refractivity contribution is -0.189. The quantitative estimate of drug-likeness (QED) is 0.698. The van der Waals surface area contributed by atoms with Gasteiger partial charge in [0.1, 0.15) is 6.10 Å². The largest absolute Gasteiger partial charge is 0.376 e. The van der Waals surface area contributed by atoms with E-state index >= 15 is 0 Å². The molecule has 1 fully saturated rings. The van der Waals surface area contributed by atoms with E-state index in [1.165, 1.54) is 0 Å². The van der Waals surface area contributed by atoms with E-state index in [4.69, 9.17) is 14.2 Å². The van der Waals surface area contributed by atoms with Gasteiger partial charge in [0.15, 0.2) is 0 Å². The lowest BCUT2D eigenvalue weighted by atomic mass is 9.99. The van der Waals surface area contributed by atoms with Crippen molar-refractivity contribution in [2.75, 3.05) is 13.2 Å². The normalized spacial score (nSPS) is 38.6. The molecule has 0 bridgehead atoms. The van der Waals surface area contributed by atoms with Crippen molar-refractivity contribution >= 4 is 0 Å². The van der Waals surface area contributed by atoms with Crippen LogP contribution in [0.2, 0.25) is 0 Å². The van der Waals surface area contributed by atoms with Crippen LogP contribution in [-0.4, -0.2) is 37.6 Å². The summed E-state index contributed by atoms with van der Waals surface area (Å²) in [6.07, 6.45) is 1.63. The predicted octanol–water partition coefficient (Wildman–Crippen LogP) is 1.99. The smallest absolute Gasteiger partial charge is 0.110 e. The van der Waals surface area contributed by atoms with Gasteiger partial charge in [0.2, 0.25) is 0 Å². The highest BCUT2D eigenvalue weighted by molar-refractivity contribution is 4.84. The van der Waals surface area contributed by atoms with Crippen LogP contribution in [0, 0.1) is 0 Å². The van der Waals surface area contributed by atoms with Gasteiger partial charge in [-0.3, -0.25) is 0 Å². The maximum atomic E-state index is 5.72. The average Bonchev–Trinajstić information content (AvgIpc) is 2.11. The molecule has 1 heterocycles. The van der Waals surface area contributed by atoms with Gasteiger partial charge in [-0.25, -0.2) is 0 Å². The first-order valence-corrected chi connectivity index (χ1v) is 5.57. The SMILES string of the molecule is CCO[C@H]1[C@H](C)O[C@@H](C)C[C@@H]1OCC. The molecule has 0 saturated carbocycles. The molecule has 14 heavy (non-hydrogen) atoms. The summed E-state index contributed by atoms with van der Waals surface area (Å²) in [5, 5.41) is 0. The Hall–Kier alpha value is -0.120. The van der Waals surface area contributed by atoms with E-state index < -0.39 is 0 Å². The zero-order valence-corrected chi connectivity index (χ0v) is 9.66. The van der Waals surface area contributed by atoms with E-state index in [9.17, 15) is 0 Å². The summed E-state index contributed by atoms with van der Waals surface area (Å²) in [5.74, 6) is 0. The molecule has 0 aromatic heterocycles. The second-order valence-corrected chi connectivity index (χ2v) is 3.80. The van der Waals surface area contributed by atoms with Gasteiger partial charge >= 0.3 is 0 Å². The van der Waals surface area contributed by atoms with Crippen molar-refractivity contribution in [1.82, 2.24) is 0 Å². The van der Waals surface area contributed by atoms with Gasteiger partial charge in [0.25, 0.3) is 0 Å². The van der Waals surface area contributed by atoms with E-state index in [1.807, 2.05) is 13.8 Å². The summed E-state index contributed by atoms with van der Waals surface area (Å²) in [7, 11) is 0. The summed E-state index contributed by atoms with van der Waals surface area (Å²) in [6, 6.07) is 0. The number of hydrogen-bond acceptors (Lipinski definition) is 3. The minimum absolute atomic E-state index is 0.0937. The highest BCUT2D eigenvalue weighted by Crippen LogP contribution is 2.24. The Morgan fingerprint density at radius 2 is 1.79 bits per heavy atom. The molecule has 0 aromatic rings. The maximum absolute atomic E-state index is 5.72. The lowest BCUT2D eigenvalue weighted by Crippen LogP contribution is -2.48. The topological polar surface area (TPSA) is 27.7 Å². The number of rotatable bonds is 4. The van der Waals surface area contributed by atoms with Crippen molar-refractivity contribution in [1.29, 1.82) is 0 Å². The molecule has 3 heteroatoms. The standard InChI is InChI=1S/C11H22O3/c1-5-12-10-7-8(3)14-9(4)11(10)13-6-2/h8-11H,5-7H2,1-4H3/t8-,9-,10-,11-/m0/s1. The second-order valence-electron chi connectivity index (χ2n) is 3.80. The Morgan fingerprint density at radius 3 is 2.36 bits per heavy atom. The van der Waals surface area contributed by atoms with Crippen LogP contribution in [0.5, 0.6) is 0 Å². The number of ether oxygens (including phenoxy) is 3. The Balaban J connectivity index is 2.55. The third-order valence-corrected chi connectivity index (χ3v) is 2.58. The minimum atomic E-state index is 0.0937. The van der Waals surface area contributed by atoms with Crippen molar-refractivity contribution in [3.63, 3.8) is 0 Å². The first-order valence-electron chi connectivity index (χ1n) is 5.57. The van der Waals surface area contributed by atoms with Crippen LogP contribution in [0.25, 0.3) is 0 Å². The lowest BCUT2D eigenvalue weighted by Gasteiger charge is -2.38. The van der Waals surface area contributed by atoms with E-state index in [2.05, 4.69) is 13.8 Å². The minimum Gasteiger partial charge on any atom is -0.376 e. The molecule has 1 aliphatic rings. The molecule has 4 atom stereocenters. The summed E-state index contributed by atoms with van der Waals surface area (Å²) >= 11 is 0. The van der Waals surface area contributed by atoms with Crippen LogP contribution < -0.4 is 0 Å². The van der Waals surface area contributed by atoms with Crippen LogP contribution in [0.4, 0.5) is 0 Å². The monoisotopic (exact) mass is 202 g/mol. The zero-order valence-electron chi connectivity index (χ0n) is 9.66. The second kappa shape index (κ2) is 5.69. The third-order valence-electron chi connectivity index (χ3n) is 2.58. The summed E-state index contributed by atoms with van der Waals surface area (Å²) < 4.78 is 17.1. The van der Waals surface area contributed by atoms with Crippen molar-refractivity contribution < 1.29 is 14.2 Å². The molecule has 3 nitrogen and oxygen atoms in total. The van der Waals surface area contributed by atoms with Crippen LogP contribution in [0.15, 0.2) is 0 Å². The van der Waals surface area contributed by atoms with Crippen molar-refractivity contribution in [2.24, 2.45) is 0 Å². The van der Waals surface area contributed by atoms with Crippen molar-refractivity contribution in [2.45, 2.75) is 58.5 Å². The Bertz CT molecular complexity index is 161. The third kappa shape index (κ3) is 2.94. The molecule has 0 amide bonds. The van der Waals surface area contributed by atoms with Crippen LogP contribution in [-0.2, 0) is 14.2 Å². The summed E-state index contributed by atoms with van der Waals surface area (Å²) in [4.78, 5) is 0. The average molecular weight is 202 g/mol. The van der Waals surface area contributed by atoms with Gasteiger partial charge in [-0.1, -0.05) is 0 Å². The highest BCUT2D eigenvalue weighted by Gasteiger charge is 2.35. The molecule has 1 rings (SSSR count). The van der Waals surface area contributed by atoms with Crippen LogP contribution in [0.3, 0.4) is 0 Å². The molecule has 1 saturated heterocycles. The molecule has 0 N–H and O–H groups in total. The van der Waals surface area contributed by atoms with E-state index in [-0.39, 0.29) is 24.4 Å². The zero-order chi connectivity index (χ0) is 10.6. The fourth-order valence-corrected chi connectivity index (χ4v) is 2.08. The fourth-order valence-electron chi connectivity index (χ4n) is 2.08. The van der Waals surface area contributed by atoms with E-state index in [0.29, 0.717) is 0 Å². The maximum Gasteiger partial charge on any atom is 0.110 e. The molecule has 0 spiro atoms. The molecule has 0 aromatic carbocycles. The van der Waals surface area contributed by atoms with Gasteiger partial charge in [0, 0.05) is 19.6 Å². The summed E-state index contributed by atoms with van der Waals surface area (Å²) in [6.45, 7) is 9.64. The predicted molar refractivity (Wildman–Crippen MR) is 55.5 cm³/mol. The van der Waals surface area contributed by atoms with Crippen molar-refractivity contribution in [3.05, 3.63) is 0 Å². The Morgan fingerprint density at radius 1 is 1.14 bits per heavy atom. The van der Waals surface area contributed by atoms with E-state index in [1.54, 1.807) is 0 Å². The van der Waals surface area contributed by atoms with Gasteiger partial charge in [-0.2, -0.15) is 0 Å². The fraction of sp³-hybridized carbons (Fsp3) is 1.00. The number of hydrogen-bond donors (Lipinski definition) is 0. The molecule has 0 radical (unpaired) electrons. The molecule has 1 aliphatic heterocycles.